The summed E-state index contributed by atoms with van der Waals surface area (Å²) in [6, 6.07) is 9.30. The van der Waals surface area contributed by atoms with E-state index in [9.17, 15) is 0 Å². The molecule has 1 aliphatic rings. The van der Waals surface area contributed by atoms with Crippen LogP contribution in [0.1, 0.15) is 37.7 Å². The van der Waals surface area contributed by atoms with Crippen LogP contribution in [0.3, 0.4) is 0 Å². The summed E-state index contributed by atoms with van der Waals surface area (Å²) in [4.78, 5) is 4.24. The van der Waals surface area contributed by atoms with E-state index in [1.165, 1.54) is 48.4 Å². The molecule has 0 aliphatic heterocycles. The van der Waals surface area contributed by atoms with Crippen molar-refractivity contribution >= 4 is 10.8 Å². The Hall–Kier alpha value is -1.41. The topological polar surface area (TPSA) is 24.9 Å². The number of aromatic nitrogens is 1. The van der Waals surface area contributed by atoms with Gasteiger partial charge in [-0.15, -0.1) is 0 Å². The second-order valence-electron chi connectivity index (χ2n) is 5.23. The summed E-state index contributed by atoms with van der Waals surface area (Å²) in [5.41, 5.74) is 1.37. The molecule has 1 aliphatic carbocycles. The molecule has 0 saturated heterocycles. The second-order valence-corrected chi connectivity index (χ2v) is 5.23. The van der Waals surface area contributed by atoms with Crippen molar-refractivity contribution in [1.29, 1.82) is 0 Å². The van der Waals surface area contributed by atoms with Crippen molar-refractivity contribution in [2.45, 2.75) is 44.7 Å². The van der Waals surface area contributed by atoms with Crippen LogP contribution in [0.2, 0.25) is 0 Å². The number of hydrogen-bond donors (Lipinski definition) is 1. The van der Waals surface area contributed by atoms with Gasteiger partial charge < -0.3 is 5.32 Å². The van der Waals surface area contributed by atoms with Crippen LogP contribution in [0.25, 0.3) is 10.8 Å². The molecule has 2 aromatic rings. The van der Waals surface area contributed by atoms with Gasteiger partial charge in [-0.3, -0.25) is 4.98 Å². The maximum absolute atomic E-state index is 4.24. The van der Waals surface area contributed by atoms with Crippen LogP contribution in [-0.4, -0.2) is 11.0 Å². The molecule has 0 atom stereocenters. The minimum Gasteiger partial charge on any atom is -0.310 e. The maximum atomic E-state index is 4.24. The van der Waals surface area contributed by atoms with Gasteiger partial charge in [0.1, 0.15) is 0 Å². The number of hydrogen-bond acceptors (Lipinski definition) is 2. The minimum atomic E-state index is 0.714. The number of nitrogens with one attached hydrogen (secondary N) is 1. The normalized spacial score (nSPS) is 17.1. The molecule has 0 spiro atoms. The van der Waals surface area contributed by atoms with Gasteiger partial charge in [0, 0.05) is 30.4 Å². The molecule has 94 valence electrons. The highest BCUT2D eigenvalue weighted by Crippen LogP contribution is 2.20. The Morgan fingerprint density at radius 1 is 1.11 bits per heavy atom. The van der Waals surface area contributed by atoms with Gasteiger partial charge in [0.15, 0.2) is 0 Å². The number of fused-ring (bicyclic) bond motifs is 1. The SMILES string of the molecule is c1cc(CNC2CCCCC2)c2cnccc2c1. The Bertz CT molecular complexity index is 510. The van der Waals surface area contributed by atoms with Gasteiger partial charge in [-0.05, 0) is 29.9 Å². The Labute approximate surface area is 108 Å². The van der Waals surface area contributed by atoms with Gasteiger partial charge in [0.2, 0.25) is 0 Å². The van der Waals surface area contributed by atoms with Crippen molar-refractivity contribution in [3.63, 3.8) is 0 Å². The predicted octanol–water partition coefficient (Wildman–Crippen LogP) is 3.66. The summed E-state index contributed by atoms with van der Waals surface area (Å²) in [6.07, 6.45) is 10.7. The molecule has 1 fully saturated rings. The average molecular weight is 240 g/mol. The molecule has 1 N–H and O–H groups in total. The van der Waals surface area contributed by atoms with Gasteiger partial charge >= 0.3 is 0 Å². The lowest BCUT2D eigenvalue weighted by Gasteiger charge is -2.23. The highest BCUT2D eigenvalue weighted by atomic mass is 14.9. The molecule has 2 heteroatoms. The predicted molar refractivity (Wildman–Crippen MR) is 75.5 cm³/mol. The van der Waals surface area contributed by atoms with E-state index in [1.54, 1.807) is 0 Å². The quantitative estimate of drug-likeness (QED) is 0.885. The summed E-state index contributed by atoms with van der Waals surface area (Å²) >= 11 is 0. The third-order valence-electron chi connectivity index (χ3n) is 3.96. The lowest BCUT2D eigenvalue weighted by atomic mass is 9.95. The van der Waals surface area contributed by atoms with Crippen LogP contribution in [0.15, 0.2) is 36.7 Å². The summed E-state index contributed by atoms with van der Waals surface area (Å²) in [5.74, 6) is 0. The molecule has 1 heterocycles. The van der Waals surface area contributed by atoms with E-state index in [2.05, 4.69) is 34.6 Å². The van der Waals surface area contributed by atoms with E-state index in [0.717, 1.165) is 6.54 Å². The molecule has 1 saturated carbocycles. The first-order valence-corrected chi connectivity index (χ1v) is 6.98. The zero-order chi connectivity index (χ0) is 12.2. The number of nitrogens with zero attached hydrogens (tertiary/aromatic N) is 1. The van der Waals surface area contributed by atoms with Crippen LogP contribution in [0, 0.1) is 0 Å². The zero-order valence-electron chi connectivity index (χ0n) is 10.7. The molecule has 2 nitrogen and oxygen atoms in total. The third-order valence-corrected chi connectivity index (χ3v) is 3.96. The molecule has 0 unspecified atom stereocenters. The van der Waals surface area contributed by atoms with Crippen LogP contribution in [0.4, 0.5) is 0 Å². The van der Waals surface area contributed by atoms with Crippen molar-refractivity contribution in [3.8, 4) is 0 Å². The molecule has 0 amide bonds. The molecule has 3 rings (SSSR count). The Balaban J connectivity index is 1.74. The summed E-state index contributed by atoms with van der Waals surface area (Å²) in [7, 11) is 0. The largest absolute Gasteiger partial charge is 0.310 e. The minimum absolute atomic E-state index is 0.714. The first kappa shape index (κ1) is 11.7. The smallest absolute Gasteiger partial charge is 0.0349 e. The molecule has 18 heavy (non-hydrogen) atoms. The number of benzene rings is 1. The molecule has 1 aromatic heterocycles. The van der Waals surface area contributed by atoms with Gasteiger partial charge in [-0.2, -0.15) is 0 Å². The van der Waals surface area contributed by atoms with E-state index in [1.807, 2.05) is 12.4 Å². The van der Waals surface area contributed by atoms with Crippen LogP contribution >= 0.6 is 0 Å². The van der Waals surface area contributed by atoms with Gasteiger partial charge in [0.25, 0.3) is 0 Å². The van der Waals surface area contributed by atoms with Gasteiger partial charge in [0.05, 0.1) is 0 Å². The summed E-state index contributed by atoms with van der Waals surface area (Å²) in [5, 5.41) is 6.27. The zero-order valence-corrected chi connectivity index (χ0v) is 10.7. The number of pyridine rings is 1. The van der Waals surface area contributed by atoms with E-state index in [0.29, 0.717) is 6.04 Å². The van der Waals surface area contributed by atoms with E-state index >= 15 is 0 Å². The Morgan fingerprint density at radius 3 is 2.89 bits per heavy atom. The molecular formula is C16H20N2. The number of rotatable bonds is 3. The fraction of sp³-hybridized carbons (Fsp3) is 0.438. The van der Waals surface area contributed by atoms with Crippen molar-refractivity contribution in [3.05, 3.63) is 42.2 Å². The Kier molecular flexibility index (Phi) is 3.56. The third kappa shape index (κ3) is 2.54. The first-order chi connectivity index (χ1) is 8.93. The van der Waals surface area contributed by atoms with Gasteiger partial charge in [-0.25, -0.2) is 0 Å². The summed E-state index contributed by atoms with van der Waals surface area (Å²) < 4.78 is 0. The van der Waals surface area contributed by atoms with Gasteiger partial charge in [-0.1, -0.05) is 37.5 Å². The second kappa shape index (κ2) is 5.49. The van der Waals surface area contributed by atoms with Crippen LogP contribution in [0.5, 0.6) is 0 Å². The van der Waals surface area contributed by atoms with E-state index in [-0.39, 0.29) is 0 Å². The molecule has 0 bridgehead atoms. The fourth-order valence-electron chi connectivity index (χ4n) is 2.89. The first-order valence-electron chi connectivity index (χ1n) is 6.98. The maximum Gasteiger partial charge on any atom is 0.0349 e. The fourth-order valence-corrected chi connectivity index (χ4v) is 2.89. The lowest BCUT2D eigenvalue weighted by molar-refractivity contribution is 0.373. The highest BCUT2D eigenvalue weighted by molar-refractivity contribution is 5.84. The van der Waals surface area contributed by atoms with Crippen molar-refractivity contribution in [1.82, 2.24) is 10.3 Å². The molecular weight excluding hydrogens is 220 g/mol. The van der Waals surface area contributed by atoms with Crippen molar-refractivity contribution in [2.24, 2.45) is 0 Å². The van der Waals surface area contributed by atoms with Crippen molar-refractivity contribution in [2.75, 3.05) is 0 Å². The Morgan fingerprint density at radius 2 is 2.00 bits per heavy atom. The standard InChI is InChI=1S/C16H20N2/c1-2-7-15(8-3-1)18-11-14-6-4-5-13-9-10-17-12-16(13)14/h4-6,9-10,12,15,18H,1-3,7-8,11H2. The monoisotopic (exact) mass is 240 g/mol. The molecule has 0 radical (unpaired) electrons. The average Bonchev–Trinajstić information content (AvgIpc) is 2.46. The lowest BCUT2D eigenvalue weighted by Crippen LogP contribution is -2.30. The summed E-state index contributed by atoms with van der Waals surface area (Å²) in [6.45, 7) is 0.966. The molecule has 1 aromatic carbocycles. The highest BCUT2D eigenvalue weighted by Gasteiger charge is 2.12. The van der Waals surface area contributed by atoms with Crippen LogP contribution in [-0.2, 0) is 6.54 Å². The van der Waals surface area contributed by atoms with Crippen molar-refractivity contribution < 1.29 is 0 Å². The van der Waals surface area contributed by atoms with E-state index in [4.69, 9.17) is 0 Å². The van der Waals surface area contributed by atoms with Crippen LogP contribution < -0.4 is 5.32 Å². The van der Waals surface area contributed by atoms with E-state index < -0.39 is 0 Å².